The minimum Gasteiger partial charge on any atom is -0.463 e. The first-order chi connectivity index (χ1) is 8.28. The van der Waals surface area contributed by atoms with E-state index in [-0.39, 0.29) is 0 Å². The molecule has 2 aromatic rings. The summed E-state index contributed by atoms with van der Waals surface area (Å²) in [7, 11) is 0. The fourth-order valence-electron chi connectivity index (χ4n) is 1.49. The molecule has 0 spiro atoms. The largest absolute Gasteiger partial charge is 0.463 e. The zero-order valence-electron chi connectivity index (χ0n) is 9.57. The van der Waals surface area contributed by atoms with Gasteiger partial charge in [0.15, 0.2) is 0 Å². The molecular weight excluding hydrogens is 298 g/mol. The van der Waals surface area contributed by atoms with Gasteiger partial charge in [-0.25, -0.2) is 0 Å². The summed E-state index contributed by atoms with van der Waals surface area (Å²) in [5.41, 5.74) is 1.09. The van der Waals surface area contributed by atoms with Crippen molar-refractivity contribution in [3.8, 4) is 0 Å². The van der Waals surface area contributed by atoms with Gasteiger partial charge >= 0.3 is 0 Å². The molecule has 0 fully saturated rings. The normalized spacial score (nSPS) is 10.5. The lowest BCUT2D eigenvalue weighted by molar-refractivity contribution is 0.487. The van der Waals surface area contributed by atoms with Crippen LogP contribution in [0.15, 0.2) is 45.3 Å². The summed E-state index contributed by atoms with van der Waals surface area (Å²) >= 11 is 5.18. The second kappa shape index (κ2) is 6.17. The van der Waals surface area contributed by atoms with Crippen LogP contribution in [0.3, 0.4) is 0 Å². The molecule has 0 aliphatic heterocycles. The van der Waals surface area contributed by atoms with Crippen LogP contribution < -0.4 is 5.32 Å². The summed E-state index contributed by atoms with van der Waals surface area (Å²) in [5, 5.41) is 3.32. The van der Waals surface area contributed by atoms with Crippen LogP contribution in [0.25, 0.3) is 0 Å². The van der Waals surface area contributed by atoms with Crippen LogP contribution in [0, 0.1) is 0 Å². The van der Waals surface area contributed by atoms with E-state index in [9.17, 15) is 0 Å². The molecule has 0 unspecified atom stereocenters. The Morgan fingerprint density at radius 3 is 2.53 bits per heavy atom. The highest BCUT2D eigenvalue weighted by Gasteiger charge is 2.01. The van der Waals surface area contributed by atoms with Gasteiger partial charge in [-0.1, -0.05) is 15.9 Å². The van der Waals surface area contributed by atoms with Crippen molar-refractivity contribution in [2.75, 3.05) is 11.6 Å². The molecular formula is C13H14BrNOS. The van der Waals surface area contributed by atoms with Crippen LogP contribution in [-0.4, -0.2) is 6.26 Å². The molecule has 0 amide bonds. The molecule has 0 aliphatic carbocycles. The van der Waals surface area contributed by atoms with E-state index >= 15 is 0 Å². The van der Waals surface area contributed by atoms with E-state index in [1.54, 1.807) is 11.8 Å². The maximum atomic E-state index is 5.68. The first kappa shape index (κ1) is 12.6. The van der Waals surface area contributed by atoms with Gasteiger partial charge in [0, 0.05) is 10.2 Å². The SMILES string of the molecule is CSCc1ccc(CNc2ccc(Br)cc2)o1. The van der Waals surface area contributed by atoms with Crippen LogP contribution in [0.5, 0.6) is 0 Å². The van der Waals surface area contributed by atoms with Crippen LogP contribution in [0.4, 0.5) is 5.69 Å². The predicted molar refractivity (Wildman–Crippen MR) is 77.4 cm³/mol. The summed E-state index contributed by atoms with van der Waals surface area (Å²) < 4.78 is 6.76. The molecule has 0 atom stereocenters. The van der Waals surface area contributed by atoms with Crippen molar-refractivity contribution >= 4 is 33.4 Å². The van der Waals surface area contributed by atoms with Gasteiger partial charge in [-0.15, -0.1) is 0 Å². The maximum Gasteiger partial charge on any atom is 0.123 e. The first-order valence-corrected chi connectivity index (χ1v) is 7.52. The standard InChI is InChI=1S/C13H14BrNOS/c1-17-9-13-7-6-12(16-13)8-15-11-4-2-10(14)3-5-11/h2-7,15H,8-9H2,1H3. The minimum atomic E-state index is 0.718. The van der Waals surface area contributed by atoms with Gasteiger partial charge in [-0.2, -0.15) is 11.8 Å². The fourth-order valence-corrected chi connectivity index (χ4v) is 2.20. The number of benzene rings is 1. The molecule has 17 heavy (non-hydrogen) atoms. The van der Waals surface area contributed by atoms with Crippen molar-refractivity contribution in [2.24, 2.45) is 0 Å². The van der Waals surface area contributed by atoms with Crippen LogP contribution in [-0.2, 0) is 12.3 Å². The molecule has 1 N–H and O–H groups in total. The predicted octanol–water partition coefficient (Wildman–Crippen LogP) is 4.52. The molecule has 90 valence electrons. The topological polar surface area (TPSA) is 25.2 Å². The van der Waals surface area contributed by atoms with Crippen molar-refractivity contribution in [2.45, 2.75) is 12.3 Å². The first-order valence-electron chi connectivity index (χ1n) is 5.34. The Balaban J connectivity index is 1.90. The van der Waals surface area contributed by atoms with Crippen molar-refractivity contribution in [3.63, 3.8) is 0 Å². The minimum absolute atomic E-state index is 0.718. The quantitative estimate of drug-likeness (QED) is 0.879. The highest BCUT2D eigenvalue weighted by Crippen LogP contribution is 2.17. The number of hydrogen-bond acceptors (Lipinski definition) is 3. The molecule has 1 aromatic carbocycles. The Hall–Kier alpha value is -0.870. The lowest BCUT2D eigenvalue weighted by atomic mass is 10.3. The van der Waals surface area contributed by atoms with Crippen LogP contribution in [0.2, 0.25) is 0 Å². The highest BCUT2D eigenvalue weighted by atomic mass is 79.9. The van der Waals surface area contributed by atoms with E-state index in [2.05, 4.69) is 27.5 Å². The Morgan fingerprint density at radius 1 is 1.12 bits per heavy atom. The van der Waals surface area contributed by atoms with Gasteiger partial charge in [-0.05, 0) is 42.7 Å². The molecule has 2 rings (SSSR count). The van der Waals surface area contributed by atoms with E-state index in [4.69, 9.17) is 4.42 Å². The summed E-state index contributed by atoms with van der Waals surface area (Å²) in [6.07, 6.45) is 2.07. The third-order valence-corrected chi connectivity index (χ3v) is 3.42. The molecule has 2 nitrogen and oxygen atoms in total. The summed E-state index contributed by atoms with van der Waals surface area (Å²) in [6.45, 7) is 0.718. The molecule has 0 aliphatic rings. The molecule has 1 heterocycles. The number of anilines is 1. The monoisotopic (exact) mass is 311 g/mol. The van der Waals surface area contributed by atoms with Crippen molar-refractivity contribution in [3.05, 3.63) is 52.4 Å². The van der Waals surface area contributed by atoms with E-state index in [0.717, 1.165) is 34.0 Å². The average Bonchev–Trinajstić information content (AvgIpc) is 2.77. The average molecular weight is 312 g/mol. The summed E-state index contributed by atoms with van der Waals surface area (Å²) in [5.74, 6) is 2.93. The number of thioether (sulfide) groups is 1. The molecule has 0 saturated heterocycles. The third kappa shape index (κ3) is 3.82. The summed E-state index contributed by atoms with van der Waals surface area (Å²) in [6, 6.07) is 12.2. The second-order valence-electron chi connectivity index (χ2n) is 3.66. The number of rotatable bonds is 5. The Morgan fingerprint density at radius 2 is 1.82 bits per heavy atom. The van der Waals surface area contributed by atoms with Crippen molar-refractivity contribution < 1.29 is 4.42 Å². The number of hydrogen-bond donors (Lipinski definition) is 1. The fraction of sp³-hybridized carbons (Fsp3) is 0.231. The summed E-state index contributed by atoms with van der Waals surface area (Å²) in [4.78, 5) is 0. The Labute approximate surface area is 114 Å². The Kier molecular flexibility index (Phi) is 4.57. The van der Waals surface area contributed by atoms with Gasteiger partial charge in [-0.3, -0.25) is 0 Å². The molecule has 4 heteroatoms. The zero-order valence-corrected chi connectivity index (χ0v) is 12.0. The molecule has 0 radical (unpaired) electrons. The number of nitrogens with one attached hydrogen (secondary N) is 1. The van der Waals surface area contributed by atoms with Gasteiger partial charge in [0.25, 0.3) is 0 Å². The van der Waals surface area contributed by atoms with E-state index < -0.39 is 0 Å². The van der Waals surface area contributed by atoms with Crippen LogP contribution >= 0.6 is 27.7 Å². The third-order valence-electron chi connectivity index (χ3n) is 2.31. The van der Waals surface area contributed by atoms with Crippen LogP contribution in [0.1, 0.15) is 11.5 Å². The molecule has 1 aromatic heterocycles. The van der Waals surface area contributed by atoms with E-state index in [1.807, 2.05) is 36.4 Å². The number of halogens is 1. The van der Waals surface area contributed by atoms with Gasteiger partial charge < -0.3 is 9.73 Å². The zero-order chi connectivity index (χ0) is 12.1. The lowest BCUT2D eigenvalue weighted by Crippen LogP contribution is -1.97. The van der Waals surface area contributed by atoms with Gasteiger partial charge in [0.05, 0.1) is 12.3 Å². The smallest absolute Gasteiger partial charge is 0.123 e. The lowest BCUT2D eigenvalue weighted by Gasteiger charge is -2.04. The van der Waals surface area contributed by atoms with Crippen molar-refractivity contribution in [1.82, 2.24) is 0 Å². The van der Waals surface area contributed by atoms with Gasteiger partial charge in [0.2, 0.25) is 0 Å². The molecule has 0 bridgehead atoms. The van der Waals surface area contributed by atoms with Gasteiger partial charge in [0.1, 0.15) is 11.5 Å². The van der Waals surface area contributed by atoms with E-state index in [1.165, 1.54) is 0 Å². The number of furan rings is 1. The van der Waals surface area contributed by atoms with Crippen molar-refractivity contribution in [1.29, 1.82) is 0 Å². The Bertz CT molecular complexity index is 467. The second-order valence-corrected chi connectivity index (χ2v) is 5.44. The maximum absolute atomic E-state index is 5.68. The van der Waals surface area contributed by atoms with E-state index in [0.29, 0.717) is 0 Å². The highest BCUT2D eigenvalue weighted by molar-refractivity contribution is 9.10. The molecule has 0 saturated carbocycles.